The number of hydrogen-bond donors (Lipinski definition) is 1. The van der Waals surface area contributed by atoms with E-state index < -0.39 is 6.43 Å². The lowest BCUT2D eigenvalue weighted by Crippen LogP contribution is -2.45. The SMILES string of the molecule is CC(C)(C)c1cnc(CCC(=O)NC2CCN(CC(F)F)CC2)o1. The summed E-state index contributed by atoms with van der Waals surface area (Å²) >= 11 is 0. The highest BCUT2D eigenvalue weighted by Crippen LogP contribution is 2.23. The molecule has 0 aliphatic carbocycles. The Morgan fingerprint density at radius 2 is 2.08 bits per heavy atom. The maximum Gasteiger partial charge on any atom is 0.251 e. The molecule has 5 nitrogen and oxygen atoms in total. The molecule has 7 heteroatoms. The molecular weight excluding hydrogens is 316 g/mol. The topological polar surface area (TPSA) is 58.4 Å². The predicted molar refractivity (Wildman–Crippen MR) is 87.1 cm³/mol. The molecule has 1 N–H and O–H groups in total. The van der Waals surface area contributed by atoms with Crippen LogP contribution in [0.3, 0.4) is 0 Å². The number of nitrogens with zero attached hydrogens (tertiary/aromatic N) is 2. The number of oxazole rings is 1. The van der Waals surface area contributed by atoms with E-state index in [2.05, 4.69) is 10.3 Å². The van der Waals surface area contributed by atoms with E-state index in [1.165, 1.54) is 0 Å². The lowest BCUT2D eigenvalue weighted by Gasteiger charge is -2.32. The van der Waals surface area contributed by atoms with E-state index in [-0.39, 0.29) is 23.9 Å². The van der Waals surface area contributed by atoms with Crippen molar-refractivity contribution in [2.24, 2.45) is 0 Å². The van der Waals surface area contributed by atoms with Crippen molar-refractivity contribution < 1.29 is 18.0 Å². The summed E-state index contributed by atoms with van der Waals surface area (Å²) in [6.07, 6.45) is 1.63. The van der Waals surface area contributed by atoms with Gasteiger partial charge in [-0.05, 0) is 12.8 Å². The Balaban J connectivity index is 1.70. The van der Waals surface area contributed by atoms with Crippen LogP contribution >= 0.6 is 0 Å². The normalized spacial score (nSPS) is 17.4. The molecule has 24 heavy (non-hydrogen) atoms. The zero-order valence-electron chi connectivity index (χ0n) is 14.6. The Hall–Kier alpha value is -1.50. The number of carbonyl (C=O) groups is 1. The lowest BCUT2D eigenvalue weighted by molar-refractivity contribution is -0.122. The van der Waals surface area contributed by atoms with Gasteiger partial charge in [-0.2, -0.15) is 0 Å². The zero-order chi connectivity index (χ0) is 17.7. The highest BCUT2D eigenvalue weighted by molar-refractivity contribution is 5.76. The van der Waals surface area contributed by atoms with Crippen molar-refractivity contribution in [2.45, 2.75) is 64.3 Å². The van der Waals surface area contributed by atoms with Gasteiger partial charge in [0.05, 0.1) is 12.7 Å². The molecule has 2 rings (SSSR count). The first kappa shape index (κ1) is 18.8. The van der Waals surface area contributed by atoms with Crippen molar-refractivity contribution in [2.75, 3.05) is 19.6 Å². The number of carbonyl (C=O) groups excluding carboxylic acids is 1. The molecule has 0 saturated carbocycles. The van der Waals surface area contributed by atoms with E-state index in [1.54, 1.807) is 11.1 Å². The first-order valence-corrected chi connectivity index (χ1v) is 8.49. The average Bonchev–Trinajstić information content (AvgIpc) is 2.96. The van der Waals surface area contributed by atoms with Gasteiger partial charge in [0.15, 0.2) is 5.89 Å². The first-order valence-electron chi connectivity index (χ1n) is 8.49. The molecule has 1 aromatic rings. The van der Waals surface area contributed by atoms with Crippen LogP contribution < -0.4 is 5.32 Å². The molecule has 1 aliphatic rings. The lowest BCUT2D eigenvalue weighted by atomic mass is 9.94. The Labute approximate surface area is 141 Å². The molecule has 0 unspecified atom stereocenters. The number of hydrogen-bond acceptors (Lipinski definition) is 4. The quantitative estimate of drug-likeness (QED) is 0.863. The van der Waals surface area contributed by atoms with Crippen molar-refractivity contribution in [3.63, 3.8) is 0 Å². The number of amides is 1. The molecule has 0 bridgehead atoms. The van der Waals surface area contributed by atoms with Gasteiger partial charge in [0, 0.05) is 37.4 Å². The van der Waals surface area contributed by atoms with Crippen molar-refractivity contribution >= 4 is 5.91 Å². The van der Waals surface area contributed by atoms with Crippen LogP contribution in [0.25, 0.3) is 0 Å². The summed E-state index contributed by atoms with van der Waals surface area (Å²) in [4.78, 5) is 18.0. The third-order valence-electron chi connectivity index (χ3n) is 4.21. The Kier molecular flexibility index (Phi) is 6.32. The molecule has 0 aromatic carbocycles. The molecule has 1 saturated heterocycles. The molecule has 1 fully saturated rings. The molecule has 2 heterocycles. The highest BCUT2D eigenvalue weighted by atomic mass is 19.3. The molecule has 1 aromatic heterocycles. The minimum absolute atomic E-state index is 0.0437. The number of alkyl halides is 2. The molecule has 0 spiro atoms. The Morgan fingerprint density at radius 1 is 1.42 bits per heavy atom. The smallest absolute Gasteiger partial charge is 0.251 e. The number of likely N-dealkylation sites (tertiary alicyclic amines) is 1. The van der Waals surface area contributed by atoms with Gasteiger partial charge < -0.3 is 9.73 Å². The maximum absolute atomic E-state index is 12.3. The van der Waals surface area contributed by atoms with Gasteiger partial charge in [-0.15, -0.1) is 0 Å². The summed E-state index contributed by atoms with van der Waals surface area (Å²) in [6.45, 7) is 7.16. The fourth-order valence-electron chi connectivity index (χ4n) is 2.75. The van der Waals surface area contributed by atoms with Gasteiger partial charge in [-0.3, -0.25) is 9.69 Å². The van der Waals surface area contributed by atoms with Crippen molar-refractivity contribution in [1.82, 2.24) is 15.2 Å². The fourth-order valence-corrected chi connectivity index (χ4v) is 2.75. The second kappa shape index (κ2) is 8.05. The monoisotopic (exact) mass is 343 g/mol. The predicted octanol–water partition coefficient (Wildman–Crippen LogP) is 2.75. The van der Waals surface area contributed by atoms with E-state index in [1.807, 2.05) is 20.8 Å². The summed E-state index contributed by atoms with van der Waals surface area (Å²) in [6, 6.07) is 0.0705. The Morgan fingerprint density at radius 3 is 2.62 bits per heavy atom. The highest BCUT2D eigenvalue weighted by Gasteiger charge is 2.23. The largest absolute Gasteiger partial charge is 0.445 e. The number of aromatic nitrogens is 1. The molecule has 1 aliphatic heterocycles. The summed E-state index contributed by atoms with van der Waals surface area (Å²) in [5.74, 6) is 1.34. The van der Waals surface area contributed by atoms with Crippen LogP contribution in [0.1, 0.15) is 51.7 Å². The minimum Gasteiger partial charge on any atom is -0.445 e. The number of rotatable bonds is 6. The summed E-state index contributed by atoms with van der Waals surface area (Å²) in [7, 11) is 0. The number of piperidine rings is 1. The fraction of sp³-hybridized carbons (Fsp3) is 0.765. The van der Waals surface area contributed by atoms with E-state index in [9.17, 15) is 13.6 Å². The second-order valence-electron chi connectivity index (χ2n) is 7.40. The van der Waals surface area contributed by atoms with Gasteiger partial charge >= 0.3 is 0 Å². The van der Waals surface area contributed by atoms with Crippen molar-refractivity contribution in [3.8, 4) is 0 Å². The van der Waals surface area contributed by atoms with Gasteiger partial charge in [-0.25, -0.2) is 13.8 Å². The van der Waals surface area contributed by atoms with Crippen LogP contribution in [-0.4, -0.2) is 47.9 Å². The van der Waals surface area contributed by atoms with Gasteiger partial charge in [0.25, 0.3) is 6.43 Å². The molecule has 136 valence electrons. The van der Waals surface area contributed by atoms with Crippen LogP contribution in [-0.2, 0) is 16.6 Å². The van der Waals surface area contributed by atoms with Crippen LogP contribution in [0.5, 0.6) is 0 Å². The van der Waals surface area contributed by atoms with Crippen LogP contribution in [0.4, 0.5) is 8.78 Å². The Bertz CT molecular complexity index is 532. The second-order valence-corrected chi connectivity index (χ2v) is 7.40. The van der Waals surface area contributed by atoms with Crippen LogP contribution in [0.2, 0.25) is 0 Å². The number of aryl methyl sites for hydroxylation is 1. The molecule has 1 amide bonds. The van der Waals surface area contributed by atoms with Crippen molar-refractivity contribution in [1.29, 1.82) is 0 Å². The molecule has 0 atom stereocenters. The van der Waals surface area contributed by atoms with E-state index in [4.69, 9.17) is 4.42 Å². The molecule has 0 radical (unpaired) electrons. The summed E-state index contributed by atoms with van der Waals surface area (Å²) in [5, 5.41) is 2.98. The third kappa shape index (κ3) is 5.85. The molecular formula is C17H27F2N3O2. The number of nitrogens with one attached hydrogen (secondary N) is 1. The van der Waals surface area contributed by atoms with Gasteiger partial charge in [0.1, 0.15) is 5.76 Å². The van der Waals surface area contributed by atoms with E-state index >= 15 is 0 Å². The average molecular weight is 343 g/mol. The van der Waals surface area contributed by atoms with E-state index in [0.29, 0.717) is 44.7 Å². The van der Waals surface area contributed by atoms with Crippen LogP contribution in [0, 0.1) is 0 Å². The van der Waals surface area contributed by atoms with Gasteiger partial charge in [-0.1, -0.05) is 20.8 Å². The van der Waals surface area contributed by atoms with Crippen LogP contribution in [0.15, 0.2) is 10.6 Å². The minimum atomic E-state index is -2.30. The maximum atomic E-state index is 12.3. The van der Waals surface area contributed by atoms with Crippen molar-refractivity contribution in [3.05, 3.63) is 17.8 Å². The number of halogens is 2. The first-order chi connectivity index (χ1) is 11.2. The summed E-state index contributed by atoms with van der Waals surface area (Å²) < 4.78 is 30.3. The summed E-state index contributed by atoms with van der Waals surface area (Å²) in [5.41, 5.74) is -0.0975. The van der Waals surface area contributed by atoms with Gasteiger partial charge in [0.2, 0.25) is 5.91 Å². The van der Waals surface area contributed by atoms with E-state index in [0.717, 1.165) is 5.76 Å². The standard InChI is InChI=1S/C17H27F2N3O2/c1-17(2,3)13-10-20-16(24-13)5-4-15(23)21-12-6-8-22(9-7-12)11-14(18)19/h10,12,14H,4-9,11H2,1-3H3,(H,21,23). The third-order valence-corrected chi connectivity index (χ3v) is 4.21. The zero-order valence-corrected chi connectivity index (χ0v) is 14.6.